The first-order chi connectivity index (χ1) is 13.9. The lowest BCUT2D eigenvalue weighted by atomic mass is 10.1. The van der Waals surface area contributed by atoms with E-state index in [9.17, 15) is 14.7 Å². The van der Waals surface area contributed by atoms with Crippen LogP contribution in [-0.2, 0) is 17.8 Å². The predicted octanol–water partition coefficient (Wildman–Crippen LogP) is 5.52. The van der Waals surface area contributed by atoms with E-state index >= 15 is 0 Å². The summed E-state index contributed by atoms with van der Waals surface area (Å²) in [5.41, 5.74) is 2.19. The standard InChI is InChI=1S/C22H20BrNO4S/c1-3-5-16-10-15(11-18(20(16)25)28-4-2)12-19-21(26)24(22(27)29-19)13-14-6-8-17(23)9-7-14/h3,6-12,25H,1,4-5,13H2,2H3/b19-12-. The highest BCUT2D eigenvalue weighted by Gasteiger charge is 2.35. The van der Waals surface area contributed by atoms with Crippen LogP contribution in [0, 0.1) is 0 Å². The molecule has 1 heterocycles. The molecular formula is C22H20BrNO4S. The van der Waals surface area contributed by atoms with Crippen molar-refractivity contribution in [3.63, 3.8) is 0 Å². The number of ether oxygens (including phenoxy) is 1. The number of carbonyl (C=O) groups excluding carboxylic acids is 2. The van der Waals surface area contributed by atoms with E-state index < -0.39 is 0 Å². The Morgan fingerprint density at radius 3 is 2.62 bits per heavy atom. The van der Waals surface area contributed by atoms with Gasteiger partial charge in [-0.3, -0.25) is 14.5 Å². The normalized spacial score (nSPS) is 15.2. The molecule has 0 atom stereocenters. The average Bonchev–Trinajstić information content (AvgIpc) is 2.95. The molecule has 0 unspecified atom stereocenters. The maximum atomic E-state index is 12.8. The average molecular weight is 474 g/mol. The van der Waals surface area contributed by atoms with Gasteiger partial charge < -0.3 is 9.84 Å². The second-order valence-corrected chi connectivity index (χ2v) is 8.26. The molecule has 2 aromatic carbocycles. The Labute approximate surface area is 182 Å². The zero-order valence-electron chi connectivity index (χ0n) is 15.9. The topological polar surface area (TPSA) is 66.8 Å². The van der Waals surface area contributed by atoms with Crippen LogP contribution < -0.4 is 4.74 Å². The van der Waals surface area contributed by atoms with Crippen LogP contribution in [0.3, 0.4) is 0 Å². The van der Waals surface area contributed by atoms with Crippen LogP contribution in [0.1, 0.15) is 23.6 Å². The van der Waals surface area contributed by atoms with E-state index in [0.29, 0.717) is 34.8 Å². The summed E-state index contributed by atoms with van der Waals surface area (Å²) in [5, 5.41) is 10.0. The van der Waals surface area contributed by atoms with Crippen molar-refractivity contribution in [2.75, 3.05) is 6.61 Å². The quantitative estimate of drug-likeness (QED) is 0.423. The van der Waals surface area contributed by atoms with Gasteiger partial charge in [0.25, 0.3) is 11.1 Å². The maximum absolute atomic E-state index is 12.8. The molecule has 150 valence electrons. The first-order valence-electron chi connectivity index (χ1n) is 9.02. The first-order valence-corrected chi connectivity index (χ1v) is 10.6. The van der Waals surface area contributed by atoms with Gasteiger partial charge in [-0.1, -0.05) is 34.1 Å². The minimum Gasteiger partial charge on any atom is -0.504 e. The van der Waals surface area contributed by atoms with Crippen molar-refractivity contribution >= 4 is 44.9 Å². The second kappa shape index (κ2) is 9.33. The number of amides is 2. The Morgan fingerprint density at radius 2 is 1.97 bits per heavy atom. The molecule has 0 aromatic heterocycles. The minimum atomic E-state index is -0.334. The van der Waals surface area contributed by atoms with Gasteiger partial charge in [-0.15, -0.1) is 6.58 Å². The van der Waals surface area contributed by atoms with Crippen molar-refractivity contribution < 1.29 is 19.4 Å². The third-order valence-corrected chi connectivity index (χ3v) is 5.70. The van der Waals surface area contributed by atoms with Crippen LogP contribution in [-0.4, -0.2) is 27.8 Å². The molecule has 3 rings (SSSR count). The van der Waals surface area contributed by atoms with E-state index in [-0.39, 0.29) is 23.4 Å². The highest BCUT2D eigenvalue weighted by molar-refractivity contribution is 9.10. The lowest BCUT2D eigenvalue weighted by molar-refractivity contribution is -0.123. The Kier molecular flexibility index (Phi) is 6.82. The van der Waals surface area contributed by atoms with Gasteiger partial charge in [-0.25, -0.2) is 0 Å². The fourth-order valence-corrected chi connectivity index (χ4v) is 4.01. The minimum absolute atomic E-state index is 0.0623. The summed E-state index contributed by atoms with van der Waals surface area (Å²) in [6.45, 7) is 6.15. The Morgan fingerprint density at radius 1 is 1.24 bits per heavy atom. The first kappa shape index (κ1) is 21.2. The van der Waals surface area contributed by atoms with Crippen molar-refractivity contribution in [2.45, 2.75) is 19.9 Å². The Bertz CT molecular complexity index is 985. The zero-order chi connectivity index (χ0) is 21.0. The zero-order valence-corrected chi connectivity index (χ0v) is 18.3. The molecule has 1 fully saturated rings. The van der Waals surface area contributed by atoms with Crippen LogP contribution in [0.25, 0.3) is 6.08 Å². The van der Waals surface area contributed by atoms with Gasteiger partial charge in [-0.2, -0.15) is 0 Å². The second-order valence-electron chi connectivity index (χ2n) is 6.35. The van der Waals surface area contributed by atoms with Crippen molar-refractivity contribution in [3.8, 4) is 11.5 Å². The van der Waals surface area contributed by atoms with Gasteiger partial charge in [-0.05, 0) is 66.6 Å². The van der Waals surface area contributed by atoms with Crippen molar-refractivity contribution in [1.82, 2.24) is 4.90 Å². The lowest BCUT2D eigenvalue weighted by Gasteiger charge is -2.13. The van der Waals surface area contributed by atoms with E-state index in [1.54, 1.807) is 24.3 Å². The fraction of sp³-hybridized carbons (Fsp3) is 0.182. The van der Waals surface area contributed by atoms with Crippen molar-refractivity contribution in [2.24, 2.45) is 0 Å². The third-order valence-electron chi connectivity index (χ3n) is 4.27. The highest BCUT2D eigenvalue weighted by atomic mass is 79.9. The summed E-state index contributed by atoms with van der Waals surface area (Å²) in [6.07, 6.45) is 3.79. The molecule has 2 amide bonds. The van der Waals surface area contributed by atoms with Crippen LogP contribution in [0.2, 0.25) is 0 Å². The van der Waals surface area contributed by atoms with Crippen molar-refractivity contribution in [3.05, 3.63) is 75.1 Å². The molecular weight excluding hydrogens is 454 g/mol. The van der Waals surface area contributed by atoms with Crippen LogP contribution >= 0.6 is 27.7 Å². The van der Waals surface area contributed by atoms with Gasteiger partial charge in [0.05, 0.1) is 18.1 Å². The number of phenols is 1. The molecule has 0 spiro atoms. The van der Waals surface area contributed by atoms with Gasteiger partial charge in [0.1, 0.15) is 0 Å². The van der Waals surface area contributed by atoms with E-state index in [0.717, 1.165) is 21.8 Å². The summed E-state index contributed by atoms with van der Waals surface area (Å²) in [6, 6.07) is 10.9. The number of hydrogen-bond donors (Lipinski definition) is 1. The van der Waals surface area contributed by atoms with E-state index in [2.05, 4.69) is 22.5 Å². The maximum Gasteiger partial charge on any atom is 0.293 e. The molecule has 29 heavy (non-hydrogen) atoms. The van der Waals surface area contributed by atoms with Crippen LogP contribution in [0.15, 0.2) is 58.4 Å². The molecule has 5 nitrogen and oxygen atoms in total. The molecule has 7 heteroatoms. The van der Waals surface area contributed by atoms with Gasteiger partial charge >= 0.3 is 0 Å². The lowest BCUT2D eigenvalue weighted by Crippen LogP contribution is -2.27. The number of halogens is 1. The molecule has 0 aliphatic carbocycles. The third kappa shape index (κ3) is 4.92. The number of hydrogen-bond acceptors (Lipinski definition) is 5. The number of rotatable bonds is 7. The smallest absolute Gasteiger partial charge is 0.293 e. The van der Waals surface area contributed by atoms with Crippen molar-refractivity contribution in [1.29, 1.82) is 0 Å². The predicted molar refractivity (Wildman–Crippen MR) is 119 cm³/mol. The Balaban J connectivity index is 1.88. The highest BCUT2D eigenvalue weighted by Crippen LogP contribution is 2.37. The number of allylic oxidation sites excluding steroid dienone is 1. The molecule has 2 aromatic rings. The number of aromatic hydroxyl groups is 1. The van der Waals surface area contributed by atoms with Gasteiger partial charge in [0, 0.05) is 10.0 Å². The van der Waals surface area contributed by atoms with Gasteiger partial charge in [0.2, 0.25) is 0 Å². The van der Waals surface area contributed by atoms with E-state index in [1.807, 2.05) is 31.2 Å². The molecule has 1 aliphatic rings. The number of nitrogens with zero attached hydrogens (tertiary/aromatic N) is 1. The monoisotopic (exact) mass is 473 g/mol. The molecule has 0 bridgehead atoms. The van der Waals surface area contributed by atoms with Gasteiger partial charge in [0.15, 0.2) is 11.5 Å². The van der Waals surface area contributed by atoms with Crippen LogP contribution in [0.5, 0.6) is 11.5 Å². The summed E-state index contributed by atoms with van der Waals surface area (Å²) in [7, 11) is 0. The molecule has 1 saturated heterocycles. The van der Waals surface area contributed by atoms with Crippen LogP contribution in [0.4, 0.5) is 4.79 Å². The number of phenolic OH excluding ortho intramolecular Hbond substituents is 1. The molecule has 0 saturated carbocycles. The Hall–Kier alpha value is -2.51. The summed E-state index contributed by atoms with van der Waals surface area (Å²) in [5.74, 6) is 0.0682. The summed E-state index contributed by atoms with van der Waals surface area (Å²) < 4.78 is 6.43. The number of carbonyl (C=O) groups is 2. The van der Waals surface area contributed by atoms with E-state index in [4.69, 9.17) is 4.74 Å². The summed E-state index contributed by atoms with van der Waals surface area (Å²) in [4.78, 5) is 26.7. The fourth-order valence-electron chi connectivity index (χ4n) is 2.91. The number of thioether (sulfide) groups is 1. The van der Waals surface area contributed by atoms with E-state index in [1.165, 1.54) is 4.90 Å². The SMILES string of the molecule is C=CCc1cc(/C=C2\SC(=O)N(Cc3ccc(Br)cc3)C2=O)cc(OCC)c1O. The summed E-state index contributed by atoms with van der Waals surface area (Å²) >= 11 is 4.28. The molecule has 1 N–H and O–H groups in total. The largest absolute Gasteiger partial charge is 0.504 e. The number of benzene rings is 2. The number of imide groups is 1. The molecule has 0 radical (unpaired) electrons. The molecule has 1 aliphatic heterocycles.